The van der Waals surface area contributed by atoms with Crippen LogP contribution in [0, 0.1) is 6.92 Å². The van der Waals surface area contributed by atoms with Crippen molar-refractivity contribution in [3.63, 3.8) is 0 Å². The number of nitrogens with one attached hydrogen (secondary N) is 1. The van der Waals surface area contributed by atoms with Gasteiger partial charge < -0.3 is 9.64 Å². The number of hydrogen-bond donors (Lipinski definition) is 1. The van der Waals surface area contributed by atoms with Gasteiger partial charge in [-0.15, -0.1) is 0 Å². The third-order valence-electron chi connectivity index (χ3n) is 3.67. The van der Waals surface area contributed by atoms with Crippen molar-refractivity contribution >= 4 is 15.8 Å². The maximum Gasteiger partial charge on any atom is 0.240 e. The molecular formula is C18H26N4O3S. The molecule has 142 valence electrons. The van der Waals surface area contributed by atoms with Crippen molar-refractivity contribution in [1.82, 2.24) is 14.7 Å². The van der Waals surface area contributed by atoms with E-state index in [1.807, 2.05) is 32.0 Å². The lowest BCUT2D eigenvalue weighted by atomic mass is 10.3. The minimum atomic E-state index is -3.65. The van der Waals surface area contributed by atoms with Crippen molar-refractivity contribution in [3.8, 4) is 5.75 Å². The van der Waals surface area contributed by atoms with Crippen molar-refractivity contribution in [2.45, 2.75) is 38.1 Å². The molecule has 0 aliphatic heterocycles. The van der Waals surface area contributed by atoms with Crippen LogP contribution in [0.4, 0.5) is 5.82 Å². The first-order chi connectivity index (χ1) is 12.3. The van der Waals surface area contributed by atoms with Gasteiger partial charge in [0.1, 0.15) is 17.4 Å². The summed E-state index contributed by atoms with van der Waals surface area (Å²) in [5, 5.41) is 0. The van der Waals surface area contributed by atoms with Crippen LogP contribution in [0.2, 0.25) is 0 Å². The molecule has 1 heterocycles. The molecule has 0 saturated heterocycles. The number of rotatable bonds is 9. The minimum absolute atomic E-state index is 0.0274. The Morgan fingerprint density at radius 2 is 1.85 bits per heavy atom. The van der Waals surface area contributed by atoms with Gasteiger partial charge in [0.25, 0.3) is 0 Å². The van der Waals surface area contributed by atoms with Crippen LogP contribution in [0.15, 0.2) is 35.2 Å². The first kappa shape index (κ1) is 20.1. The third kappa shape index (κ3) is 5.67. The van der Waals surface area contributed by atoms with Crippen molar-refractivity contribution in [1.29, 1.82) is 0 Å². The topological polar surface area (TPSA) is 84.4 Å². The monoisotopic (exact) mass is 378 g/mol. The van der Waals surface area contributed by atoms with E-state index in [1.54, 1.807) is 12.1 Å². The van der Waals surface area contributed by atoms with Crippen LogP contribution >= 0.6 is 0 Å². The van der Waals surface area contributed by atoms with Gasteiger partial charge in [0.2, 0.25) is 10.0 Å². The van der Waals surface area contributed by atoms with Crippen LogP contribution < -0.4 is 14.4 Å². The van der Waals surface area contributed by atoms with Gasteiger partial charge in [-0.3, -0.25) is 0 Å². The maximum absolute atomic E-state index is 12.5. The average molecular weight is 378 g/mol. The summed E-state index contributed by atoms with van der Waals surface area (Å²) >= 11 is 0. The number of benzene rings is 1. The van der Waals surface area contributed by atoms with E-state index >= 15 is 0 Å². The average Bonchev–Trinajstić information content (AvgIpc) is 2.60. The number of aryl methyl sites for hydroxylation is 1. The number of unbranched alkanes of at least 4 members (excludes halogenated alkanes) is 1. The van der Waals surface area contributed by atoms with Gasteiger partial charge in [0.05, 0.1) is 18.0 Å². The van der Waals surface area contributed by atoms with E-state index in [-0.39, 0.29) is 11.4 Å². The highest BCUT2D eigenvalue weighted by molar-refractivity contribution is 7.89. The quantitative estimate of drug-likeness (QED) is 0.675. The number of sulfonamides is 1. The molecule has 0 radical (unpaired) electrons. The lowest BCUT2D eigenvalue weighted by Gasteiger charge is -2.13. The van der Waals surface area contributed by atoms with E-state index in [4.69, 9.17) is 4.74 Å². The molecule has 0 unspecified atom stereocenters. The smallest absolute Gasteiger partial charge is 0.240 e. The van der Waals surface area contributed by atoms with Gasteiger partial charge >= 0.3 is 0 Å². The second kappa shape index (κ2) is 8.95. The number of aromatic nitrogens is 2. The van der Waals surface area contributed by atoms with Crippen LogP contribution in [0.5, 0.6) is 5.75 Å². The molecule has 0 fully saturated rings. The summed E-state index contributed by atoms with van der Waals surface area (Å²) in [7, 11) is 0.104. The Morgan fingerprint density at radius 1 is 1.15 bits per heavy atom. The van der Waals surface area contributed by atoms with Crippen LogP contribution in [-0.2, 0) is 16.6 Å². The first-order valence-corrected chi connectivity index (χ1v) is 10.0. The molecule has 0 atom stereocenters. The molecule has 2 rings (SSSR count). The lowest BCUT2D eigenvalue weighted by Crippen LogP contribution is -2.25. The zero-order chi connectivity index (χ0) is 19.2. The minimum Gasteiger partial charge on any atom is -0.494 e. The molecule has 1 aromatic carbocycles. The predicted octanol–water partition coefficient (Wildman–Crippen LogP) is 2.51. The predicted molar refractivity (Wildman–Crippen MR) is 102 cm³/mol. The van der Waals surface area contributed by atoms with Crippen LogP contribution in [0.3, 0.4) is 0 Å². The molecular weight excluding hydrogens is 352 g/mol. The molecule has 26 heavy (non-hydrogen) atoms. The summed E-state index contributed by atoms with van der Waals surface area (Å²) in [4.78, 5) is 10.7. The Labute approximate surface area is 155 Å². The van der Waals surface area contributed by atoms with Crippen LogP contribution in [-0.4, -0.2) is 39.1 Å². The van der Waals surface area contributed by atoms with Gasteiger partial charge in [-0.2, -0.15) is 0 Å². The number of hydrogen-bond acceptors (Lipinski definition) is 6. The fourth-order valence-electron chi connectivity index (χ4n) is 2.21. The van der Waals surface area contributed by atoms with E-state index in [0.29, 0.717) is 18.2 Å². The van der Waals surface area contributed by atoms with Crippen LogP contribution in [0.1, 0.15) is 31.3 Å². The lowest BCUT2D eigenvalue weighted by molar-refractivity contribution is 0.309. The highest BCUT2D eigenvalue weighted by Gasteiger charge is 2.15. The molecule has 7 nitrogen and oxygen atoms in total. The van der Waals surface area contributed by atoms with Crippen molar-refractivity contribution in [2.75, 3.05) is 25.6 Å². The van der Waals surface area contributed by atoms with Gasteiger partial charge in [0.15, 0.2) is 0 Å². The van der Waals surface area contributed by atoms with Crippen molar-refractivity contribution < 1.29 is 13.2 Å². The Balaban J connectivity index is 2.04. The molecule has 0 bridgehead atoms. The largest absolute Gasteiger partial charge is 0.494 e. The molecule has 0 saturated carbocycles. The van der Waals surface area contributed by atoms with Crippen molar-refractivity contribution in [2.24, 2.45) is 0 Å². The van der Waals surface area contributed by atoms with Gasteiger partial charge in [-0.05, 0) is 37.6 Å². The number of nitrogens with zero attached hydrogens (tertiary/aromatic N) is 3. The van der Waals surface area contributed by atoms with E-state index < -0.39 is 10.0 Å². The van der Waals surface area contributed by atoms with Gasteiger partial charge in [-0.1, -0.05) is 13.3 Å². The van der Waals surface area contributed by atoms with Crippen LogP contribution in [0.25, 0.3) is 0 Å². The summed E-state index contributed by atoms with van der Waals surface area (Å²) in [6.45, 7) is 4.59. The standard InChI is InChI=1S/C18H26N4O3S/c1-5-6-11-25-15-7-9-16(10-8-15)26(23,24)19-13-17-20-14(2)12-18(21-17)22(3)4/h7-10,12,19H,5-6,11,13H2,1-4H3. The Bertz CT molecular complexity index is 821. The Kier molecular flexibility index (Phi) is 6.93. The second-order valence-corrected chi connectivity index (χ2v) is 7.94. The highest BCUT2D eigenvalue weighted by Crippen LogP contribution is 2.17. The summed E-state index contributed by atoms with van der Waals surface area (Å²) in [5.74, 6) is 1.83. The molecule has 0 spiro atoms. The zero-order valence-corrected chi connectivity index (χ0v) is 16.5. The van der Waals surface area contributed by atoms with E-state index in [2.05, 4.69) is 21.6 Å². The molecule has 1 aromatic heterocycles. The zero-order valence-electron chi connectivity index (χ0n) is 15.7. The van der Waals surface area contributed by atoms with Crippen molar-refractivity contribution in [3.05, 3.63) is 41.9 Å². The molecule has 0 amide bonds. The normalized spacial score (nSPS) is 11.4. The summed E-state index contributed by atoms with van der Waals surface area (Å²) in [5.41, 5.74) is 0.784. The SMILES string of the molecule is CCCCOc1ccc(S(=O)(=O)NCc2nc(C)cc(N(C)C)n2)cc1. The number of anilines is 1. The summed E-state index contributed by atoms with van der Waals surface area (Å²) in [6.07, 6.45) is 2.01. The Morgan fingerprint density at radius 3 is 2.46 bits per heavy atom. The fraction of sp³-hybridized carbons (Fsp3) is 0.444. The third-order valence-corrected chi connectivity index (χ3v) is 5.08. The van der Waals surface area contributed by atoms with E-state index in [1.165, 1.54) is 12.1 Å². The highest BCUT2D eigenvalue weighted by atomic mass is 32.2. The fourth-order valence-corrected chi connectivity index (χ4v) is 3.19. The summed E-state index contributed by atoms with van der Waals surface area (Å²) < 4.78 is 33.0. The maximum atomic E-state index is 12.5. The van der Waals surface area contributed by atoms with Gasteiger partial charge in [-0.25, -0.2) is 23.1 Å². The van der Waals surface area contributed by atoms with E-state index in [9.17, 15) is 8.42 Å². The van der Waals surface area contributed by atoms with E-state index in [0.717, 1.165) is 24.4 Å². The molecule has 8 heteroatoms. The second-order valence-electron chi connectivity index (χ2n) is 6.18. The van der Waals surface area contributed by atoms with Gasteiger partial charge in [0, 0.05) is 25.9 Å². The molecule has 0 aliphatic rings. The summed E-state index contributed by atoms with van der Waals surface area (Å²) in [6, 6.07) is 8.24. The first-order valence-electron chi connectivity index (χ1n) is 8.56. The molecule has 1 N–H and O–H groups in total. The number of ether oxygens (including phenoxy) is 1. The Hall–Kier alpha value is -2.19. The molecule has 2 aromatic rings. The molecule has 0 aliphatic carbocycles.